The van der Waals surface area contributed by atoms with E-state index < -0.39 is 0 Å². The first kappa shape index (κ1) is 12.4. The fourth-order valence-corrected chi connectivity index (χ4v) is 3.14. The van der Waals surface area contributed by atoms with E-state index in [4.69, 9.17) is 0 Å². The van der Waals surface area contributed by atoms with Gasteiger partial charge in [0.2, 0.25) is 0 Å². The number of likely N-dealkylation sites (tertiary alicyclic amines) is 1. The van der Waals surface area contributed by atoms with E-state index in [2.05, 4.69) is 17.1 Å². The summed E-state index contributed by atoms with van der Waals surface area (Å²) in [5, 5.41) is 3.73. The van der Waals surface area contributed by atoms with Crippen LogP contribution >= 0.6 is 0 Å². The molecule has 2 heteroatoms. The first-order valence-electron chi connectivity index (χ1n) is 7.30. The topological polar surface area (TPSA) is 15.3 Å². The zero-order valence-corrected chi connectivity index (χ0v) is 10.9. The molecule has 0 spiro atoms. The molecule has 2 rings (SSSR count). The summed E-state index contributed by atoms with van der Waals surface area (Å²) in [6.45, 7) is 7.59. The Kier molecular flexibility index (Phi) is 5.11. The molecular weight excluding hydrogens is 196 g/mol. The summed E-state index contributed by atoms with van der Waals surface area (Å²) in [5.41, 5.74) is 0. The normalized spacial score (nSPS) is 28.7. The van der Waals surface area contributed by atoms with E-state index in [0.717, 1.165) is 12.0 Å². The standard InChI is InChI=1S/C14H28N2/c1-13-8-11-16(12-13)10-5-9-15-14-6-3-2-4-7-14/h13-15H,2-12H2,1H3. The predicted octanol–water partition coefficient (Wildman–Crippen LogP) is 2.64. The highest BCUT2D eigenvalue weighted by atomic mass is 15.1. The lowest BCUT2D eigenvalue weighted by Crippen LogP contribution is -2.33. The van der Waals surface area contributed by atoms with Crippen LogP contribution in [0.4, 0.5) is 0 Å². The Morgan fingerprint density at radius 2 is 1.94 bits per heavy atom. The average Bonchev–Trinajstić information content (AvgIpc) is 2.72. The van der Waals surface area contributed by atoms with Gasteiger partial charge in [0.25, 0.3) is 0 Å². The summed E-state index contributed by atoms with van der Waals surface area (Å²) in [7, 11) is 0. The van der Waals surface area contributed by atoms with E-state index in [0.29, 0.717) is 0 Å². The van der Waals surface area contributed by atoms with Gasteiger partial charge in [0.1, 0.15) is 0 Å². The molecule has 2 fully saturated rings. The van der Waals surface area contributed by atoms with Crippen LogP contribution in [-0.4, -0.2) is 37.1 Å². The summed E-state index contributed by atoms with van der Waals surface area (Å²) in [5.74, 6) is 0.936. The Hall–Kier alpha value is -0.0800. The zero-order valence-electron chi connectivity index (χ0n) is 10.9. The van der Waals surface area contributed by atoms with Gasteiger partial charge >= 0.3 is 0 Å². The average molecular weight is 224 g/mol. The third kappa shape index (κ3) is 4.06. The van der Waals surface area contributed by atoms with Crippen molar-refractivity contribution in [1.29, 1.82) is 0 Å². The number of rotatable bonds is 5. The van der Waals surface area contributed by atoms with Gasteiger partial charge in [-0.15, -0.1) is 0 Å². The van der Waals surface area contributed by atoms with Crippen LogP contribution in [0.5, 0.6) is 0 Å². The monoisotopic (exact) mass is 224 g/mol. The molecule has 1 atom stereocenters. The first-order valence-corrected chi connectivity index (χ1v) is 7.30. The van der Waals surface area contributed by atoms with Gasteiger partial charge in [-0.1, -0.05) is 26.2 Å². The molecule has 0 radical (unpaired) electrons. The summed E-state index contributed by atoms with van der Waals surface area (Å²) in [6.07, 6.45) is 9.94. The molecule has 94 valence electrons. The van der Waals surface area contributed by atoms with Crippen molar-refractivity contribution >= 4 is 0 Å². The van der Waals surface area contributed by atoms with E-state index in [1.165, 1.54) is 71.1 Å². The van der Waals surface area contributed by atoms with E-state index in [1.807, 2.05) is 0 Å². The number of hydrogen-bond donors (Lipinski definition) is 1. The quantitative estimate of drug-likeness (QED) is 0.722. The van der Waals surface area contributed by atoms with Crippen LogP contribution in [-0.2, 0) is 0 Å². The maximum Gasteiger partial charge on any atom is 0.00670 e. The maximum atomic E-state index is 3.73. The van der Waals surface area contributed by atoms with Crippen LogP contribution in [0.15, 0.2) is 0 Å². The first-order chi connectivity index (χ1) is 7.84. The van der Waals surface area contributed by atoms with Crippen molar-refractivity contribution in [1.82, 2.24) is 10.2 Å². The Bertz CT molecular complexity index is 180. The molecule has 2 aliphatic rings. The minimum atomic E-state index is 0.839. The number of nitrogens with zero attached hydrogens (tertiary/aromatic N) is 1. The molecule has 0 amide bonds. The van der Waals surface area contributed by atoms with Crippen molar-refractivity contribution < 1.29 is 0 Å². The fourth-order valence-electron chi connectivity index (χ4n) is 3.14. The lowest BCUT2D eigenvalue weighted by atomic mass is 9.95. The van der Waals surface area contributed by atoms with Gasteiger partial charge in [-0.25, -0.2) is 0 Å². The van der Waals surface area contributed by atoms with Crippen molar-refractivity contribution in [2.75, 3.05) is 26.2 Å². The second-order valence-electron chi connectivity index (χ2n) is 5.84. The molecule has 16 heavy (non-hydrogen) atoms. The van der Waals surface area contributed by atoms with E-state index in [1.54, 1.807) is 0 Å². The van der Waals surface area contributed by atoms with Gasteiger partial charge in [-0.05, 0) is 51.2 Å². The molecule has 1 aliphatic heterocycles. The molecule has 0 aromatic heterocycles. The highest BCUT2D eigenvalue weighted by molar-refractivity contribution is 4.74. The van der Waals surface area contributed by atoms with Crippen LogP contribution in [0.3, 0.4) is 0 Å². The van der Waals surface area contributed by atoms with Crippen LogP contribution in [0.25, 0.3) is 0 Å². The minimum Gasteiger partial charge on any atom is -0.314 e. The maximum absolute atomic E-state index is 3.73. The second-order valence-corrected chi connectivity index (χ2v) is 5.84. The molecule has 2 nitrogen and oxygen atoms in total. The Morgan fingerprint density at radius 3 is 2.62 bits per heavy atom. The molecule has 0 aromatic rings. The molecule has 1 aliphatic carbocycles. The van der Waals surface area contributed by atoms with Crippen molar-refractivity contribution in [3.8, 4) is 0 Å². The molecule has 1 N–H and O–H groups in total. The highest BCUT2D eigenvalue weighted by Gasteiger charge is 2.18. The fraction of sp³-hybridized carbons (Fsp3) is 1.00. The lowest BCUT2D eigenvalue weighted by Gasteiger charge is -2.23. The Morgan fingerprint density at radius 1 is 1.12 bits per heavy atom. The summed E-state index contributed by atoms with van der Waals surface area (Å²) >= 11 is 0. The van der Waals surface area contributed by atoms with Gasteiger partial charge in [0, 0.05) is 12.6 Å². The van der Waals surface area contributed by atoms with Crippen molar-refractivity contribution in [2.24, 2.45) is 5.92 Å². The third-order valence-electron chi connectivity index (χ3n) is 4.20. The van der Waals surface area contributed by atoms with Crippen LogP contribution < -0.4 is 5.32 Å². The smallest absolute Gasteiger partial charge is 0.00670 e. The van der Waals surface area contributed by atoms with E-state index in [9.17, 15) is 0 Å². The molecule has 0 aromatic carbocycles. The van der Waals surface area contributed by atoms with Crippen molar-refractivity contribution in [3.05, 3.63) is 0 Å². The Labute approximate surface area is 101 Å². The summed E-state index contributed by atoms with van der Waals surface area (Å²) in [4.78, 5) is 2.63. The summed E-state index contributed by atoms with van der Waals surface area (Å²) < 4.78 is 0. The van der Waals surface area contributed by atoms with Crippen molar-refractivity contribution in [3.63, 3.8) is 0 Å². The van der Waals surface area contributed by atoms with Crippen LogP contribution in [0.2, 0.25) is 0 Å². The van der Waals surface area contributed by atoms with Crippen LogP contribution in [0, 0.1) is 5.92 Å². The molecular formula is C14H28N2. The largest absolute Gasteiger partial charge is 0.314 e. The van der Waals surface area contributed by atoms with Gasteiger partial charge in [0.05, 0.1) is 0 Å². The van der Waals surface area contributed by atoms with Gasteiger partial charge in [-0.2, -0.15) is 0 Å². The van der Waals surface area contributed by atoms with Crippen molar-refractivity contribution in [2.45, 2.75) is 57.9 Å². The van der Waals surface area contributed by atoms with Gasteiger partial charge < -0.3 is 10.2 Å². The molecule has 1 heterocycles. The molecule has 1 unspecified atom stereocenters. The minimum absolute atomic E-state index is 0.839. The zero-order chi connectivity index (χ0) is 11.2. The predicted molar refractivity (Wildman–Crippen MR) is 69.7 cm³/mol. The lowest BCUT2D eigenvalue weighted by molar-refractivity contribution is 0.309. The summed E-state index contributed by atoms with van der Waals surface area (Å²) in [6, 6.07) is 0.839. The van der Waals surface area contributed by atoms with Crippen LogP contribution in [0.1, 0.15) is 51.9 Å². The second kappa shape index (κ2) is 6.61. The van der Waals surface area contributed by atoms with Gasteiger partial charge in [-0.3, -0.25) is 0 Å². The third-order valence-corrected chi connectivity index (χ3v) is 4.20. The molecule has 0 bridgehead atoms. The molecule has 1 saturated carbocycles. The highest BCUT2D eigenvalue weighted by Crippen LogP contribution is 2.17. The Balaban J connectivity index is 1.48. The van der Waals surface area contributed by atoms with Gasteiger partial charge in [0.15, 0.2) is 0 Å². The number of nitrogens with one attached hydrogen (secondary N) is 1. The van der Waals surface area contributed by atoms with E-state index >= 15 is 0 Å². The van der Waals surface area contributed by atoms with E-state index in [-0.39, 0.29) is 0 Å². The number of hydrogen-bond acceptors (Lipinski definition) is 2. The SMILES string of the molecule is CC1CCN(CCCNC2CCCCC2)C1. The molecule has 1 saturated heterocycles.